The number of hydrogen-bond donors (Lipinski definition) is 1. The first-order chi connectivity index (χ1) is 15.5. The molecule has 5 nitrogen and oxygen atoms in total. The molecule has 1 aliphatic rings. The summed E-state index contributed by atoms with van der Waals surface area (Å²) in [6, 6.07) is 10.6. The second-order valence-electron chi connectivity index (χ2n) is 9.09. The third kappa shape index (κ3) is 5.30. The predicted molar refractivity (Wildman–Crippen MR) is 123 cm³/mol. The lowest BCUT2D eigenvalue weighted by atomic mass is 9.70. The highest BCUT2D eigenvalue weighted by Crippen LogP contribution is 2.39. The zero-order valence-electron chi connectivity index (χ0n) is 19.0. The number of nitrogens with one attached hydrogen (secondary N) is 1. The predicted octanol–water partition coefficient (Wildman–Crippen LogP) is 5.46. The maximum Gasteiger partial charge on any atom is 0.250 e. The van der Waals surface area contributed by atoms with Crippen molar-refractivity contribution in [2.24, 2.45) is 23.7 Å². The Hall–Kier alpha value is -2.86. The maximum atomic E-state index is 14.1. The summed E-state index contributed by atoms with van der Waals surface area (Å²) >= 11 is 0. The normalized spacial score (nSPS) is 21.0. The molecule has 2 heterocycles. The Kier molecular flexibility index (Phi) is 7.10. The summed E-state index contributed by atoms with van der Waals surface area (Å²) in [6.45, 7) is 8.60. The summed E-state index contributed by atoms with van der Waals surface area (Å²) in [5.41, 5.74) is 2.96. The minimum Gasteiger partial charge on any atom is -0.421 e. The minimum atomic E-state index is -0.349. The fraction of sp³-hybridized carbons (Fsp3) is 0.423. The molecule has 0 fully saturated rings. The van der Waals surface area contributed by atoms with E-state index in [1.54, 1.807) is 18.2 Å². The van der Waals surface area contributed by atoms with Gasteiger partial charge in [0.1, 0.15) is 5.82 Å². The Bertz CT molecular complexity index is 1050. The Morgan fingerprint density at radius 2 is 1.91 bits per heavy atom. The second kappa shape index (κ2) is 10.2. The number of halogens is 1. The van der Waals surface area contributed by atoms with Gasteiger partial charge >= 0.3 is 0 Å². The summed E-state index contributed by atoms with van der Waals surface area (Å²) in [6.07, 6.45) is 7.85. The van der Waals surface area contributed by atoms with Gasteiger partial charge in [-0.25, -0.2) is 4.39 Å². The van der Waals surface area contributed by atoms with E-state index in [0.717, 1.165) is 19.5 Å². The summed E-state index contributed by atoms with van der Waals surface area (Å²) in [5, 5.41) is 11.9. The molecule has 168 valence electrons. The average molecular weight is 435 g/mol. The van der Waals surface area contributed by atoms with E-state index >= 15 is 0 Å². The van der Waals surface area contributed by atoms with Crippen LogP contribution in [0.5, 0.6) is 0 Å². The van der Waals surface area contributed by atoms with Crippen molar-refractivity contribution in [1.29, 1.82) is 0 Å². The van der Waals surface area contributed by atoms with Gasteiger partial charge in [-0.3, -0.25) is 4.98 Å². The Morgan fingerprint density at radius 3 is 2.66 bits per heavy atom. The molecule has 6 heteroatoms. The highest BCUT2D eigenvalue weighted by molar-refractivity contribution is 5.53. The van der Waals surface area contributed by atoms with E-state index in [0.29, 0.717) is 41.5 Å². The van der Waals surface area contributed by atoms with E-state index in [4.69, 9.17) is 4.42 Å². The van der Waals surface area contributed by atoms with Gasteiger partial charge in [-0.1, -0.05) is 37.6 Å². The number of benzene rings is 1. The van der Waals surface area contributed by atoms with E-state index < -0.39 is 0 Å². The highest BCUT2D eigenvalue weighted by Gasteiger charge is 2.32. The molecule has 2 aromatic heterocycles. The van der Waals surface area contributed by atoms with E-state index in [-0.39, 0.29) is 11.7 Å². The summed E-state index contributed by atoms with van der Waals surface area (Å²) in [5.74, 6) is 2.46. The van der Waals surface area contributed by atoms with Crippen molar-refractivity contribution in [2.75, 3.05) is 6.54 Å². The van der Waals surface area contributed by atoms with Crippen molar-refractivity contribution in [3.05, 3.63) is 77.7 Å². The molecule has 4 rings (SSSR count). The molecule has 3 atom stereocenters. The molecule has 0 saturated carbocycles. The molecule has 0 amide bonds. The summed E-state index contributed by atoms with van der Waals surface area (Å²) in [7, 11) is 0. The largest absolute Gasteiger partial charge is 0.421 e. The van der Waals surface area contributed by atoms with Crippen LogP contribution in [0.15, 0.2) is 64.9 Å². The van der Waals surface area contributed by atoms with Gasteiger partial charge in [0.05, 0.1) is 5.56 Å². The van der Waals surface area contributed by atoms with Crippen LogP contribution in [0.2, 0.25) is 0 Å². The molecule has 1 aliphatic carbocycles. The zero-order valence-corrected chi connectivity index (χ0v) is 19.0. The van der Waals surface area contributed by atoms with Crippen LogP contribution in [0.3, 0.4) is 0 Å². The van der Waals surface area contributed by atoms with Crippen molar-refractivity contribution in [2.45, 2.75) is 40.2 Å². The van der Waals surface area contributed by atoms with Crippen molar-refractivity contribution in [3.8, 4) is 11.5 Å². The first-order valence-electron chi connectivity index (χ1n) is 11.4. The molecule has 1 aromatic carbocycles. The molecule has 32 heavy (non-hydrogen) atoms. The smallest absolute Gasteiger partial charge is 0.250 e. The maximum absolute atomic E-state index is 14.1. The van der Waals surface area contributed by atoms with Gasteiger partial charge in [-0.05, 0) is 66.8 Å². The lowest BCUT2D eigenvalue weighted by molar-refractivity contribution is 0.218. The van der Waals surface area contributed by atoms with Gasteiger partial charge in [-0.15, -0.1) is 10.2 Å². The number of aromatic nitrogens is 3. The summed E-state index contributed by atoms with van der Waals surface area (Å²) in [4.78, 5) is 4.08. The van der Waals surface area contributed by atoms with Gasteiger partial charge in [0.2, 0.25) is 5.89 Å². The number of nitrogens with zero attached hydrogens (tertiary/aromatic N) is 3. The van der Waals surface area contributed by atoms with Gasteiger partial charge < -0.3 is 9.73 Å². The zero-order chi connectivity index (χ0) is 22.5. The van der Waals surface area contributed by atoms with Crippen molar-refractivity contribution in [3.63, 3.8) is 0 Å². The standard InChI is InChI=1S/C26H31FN4O/c1-17(2)23-13-20(14-25-30-31-26(32-25)22-6-4-5-7-24(22)27)18(3)12-21(23)16-29-15-19-8-10-28-11-9-19/h4-12,17,20-21,23,29H,13-16H2,1-3H3. The molecule has 0 saturated heterocycles. The van der Waals surface area contributed by atoms with Crippen molar-refractivity contribution >= 4 is 0 Å². The quantitative estimate of drug-likeness (QED) is 0.477. The molecule has 3 aromatic rings. The number of rotatable bonds is 8. The van der Waals surface area contributed by atoms with Crippen LogP contribution in [0.4, 0.5) is 4.39 Å². The Morgan fingerprint density at radius 1 is 1.12 bits per heavy atom. The topological polar surface area (TPSA) is 63.8 Å². The van der Waals surface area contributed by atoms with Crippen molar-refractivity contribution in [1.82, 2.24) is 20.5 Å². The molecular weight excluding hydrogens is 403 g/mol. The van der Waals surface area contributed by atoms with Gasteiger partial charge in [-0.2, -0.15) is 0 Å². The van der Waals surface area contributed by atoms with Crippen LogP contribution in [-0.2, 0) is 13.0 Å². The molecule has 3 unspecified atom stereocenters. The SMILES string of the molecule is CC1=CC(CNCc2ccncc2)C(C(C)C)CC1Cc1nnc(-c2ccccc2F)o1. The van der Waals surface area contributed by atoms with E-state index in [9.17, 15) is 4.39 Å². The fourth-order valence-corrected chi connectivity index (χ4v) is 4.68. The molecule has 0 spiro atoms. The Labute approximate surface area is 189 Å². The fourth-order valence-electron chi connectivity index (χ4n) is 4.68. The number of hydrogen-bond acceptors (Lipinski definition) is 5. The van der Waals surface area contributed by atoms with Crippen LogP contribution < -0.4 is 5.32 Å². The lowest BCUT2D eigenvalue weighted by Gasteiger charge is -2.37. The molecule has 0 radical (unpaired) electrons. The van der Waals surface area contributed by atoms with Gasteiger partial charge in [0.15, 0.2) is 0 Å². The van der Waals surface area contributed by atoms with Crippen LogP contribution in [-0.4, -0.2) is 21.7 Å². The third-order valence-corrected chi connectivity index (χ3v) is 6.53. The minimum absolute atomic E-state index is 0.245. The first-order valence-corrected chi connectivity index (χ1v) is 11.4. The van der Waals surface area contributed by atoms with Crippen molar-refractivity contribution < 1.29 is 8.81 Å². The lowest BCUT2D eigenvalue weighted by Crippen LogP contribution is -2.34. The Balaban J connectivity index is 1.42. The number of pyridine rings is 1. The van der Waals surface area contributed by atoms with E-state index in [1.165, 1.54) is 17.2 Å². The van der Waals surface area contributed by atoms with E-state index in [1.807, 2.05) is 24.5 Å². The molecule has 1 N–H and O–H groups in total. The summed E-state index contributed by atoms with van der Waals surface area (Å²) < 4.78 is 19.9. The van der Waals surface area contributed by atoms with Crippen LogP contribution in [0.25, 0.3) is 11.5 Å². The second-order valence-corrected chi connectivity index (χ2v) is 9.09. The van der Waals surface area contributed by atoms with Crippen LogP contribution in [0, 0.1) is 29.5 Å². The monoisotopic (exact) mass is 434 g/mol. The highest BCUT2D eigenvalue weighted by atomic mass is 19.1. The van der Waals surface area contributed by atoms with Gasteiger partial charge in [0.25, 0.3) is 5.89 Å². The molecular formula is C26H31FN4O. The van der Waals surface area contributed by atoms with Crippen LogP contribution in [0.1, 0.15) is 38.6 Å². The van der Waals surface area contributed by atoms with E-state index in [2.05, 4.69) is 47.3 Å². The van der Waals surface area contributed by atoms with Crippen LogP contribution >= 0.6 is 0 Å². The molecule has 0 aliphatic heterocycles. The average Bonchev–Trinajstić information content (AvgIpc) is 3.24. The number of allylic oxidation sites excluding steroid dienone is 1. The first kappa shape index (κ1) is 22.3. The molecule has 0 bridgehead atoms. The van der Waals surface area contributed by atoms with Gasteiger partial charge in [0, 0.05) is 31.9 Å². The third-order valence-electron chi connectivity index (χ3n) is 6.53.